The van der Waals surface area contributed by atoms with Crippen LogP contribution in [-0.2, 0) is 18.4 Å². The van der Waals surface area contributed by atoms with E-state index in [0.717, 1.165) is 51.4 Å². The lowest BCUT2D eigenvalue weighted by Crippen LogP contribution is -2.64. The van der Waals surface area contributed by atoms with Crippen molar-refractivity contribution in [3.63, 3.8) is 0 Å². The summed E-state index contributed by atoms with van der Waals surface area (Å²) in [5, 5.41) is 85.6. The molecule has 1 aliphatic carbocycles. The maximum absolute atomic E-state index is 13.1. The van der Waals surface area contributed by atoms with E-state index in [-0.39, 0.29) is 12.8 Å². The number of hydrogen-bond donors (Lipinski definition) is 10. The van der Waals surface area contributed by atoms with Crippen LogP contribution in [0.25, 0.3) is 0 Å². The van der Waals surface area contributed by atoms with Crippen molar-refractivity contribution in [3.8, 4) is 0 Å². The number of unbranched alkanes of at least 4 members (excludes halogenated alkanes) is 30. The van der Waals surface area contributed by atoms with Gasteiger partial charge < -0.3 is 51.1 Å². The number of nitrogens with one attached hydrogen (secondary N) is 1. The normalized spacial score (nSPS) is 23.3. The standard InChI is InChI=1S/C48H96NO13P/c1-3-5-7-9-11-13-15-17-19-20-21-22-24-26-28-30-32-34-36-40(51)48(58)49-38(37-61-63(59,60)62-47-45(56)43(54)42(53)44(55)46(47)57)41(52)39(50)35-33-31-29-27-25-23-18-16-14-12-10-8-6-4-2/h38-47,50-57H,3-37H2,1-2H3,(H,49,58)(H,59,60)/t38-,39+,40?,41-,42?,43+,44?,45?,46?,47?/m0/s1. The van der Waals surface area contributed by atoms with Gasteiger partial charge in [-0.15, -0.1) is 0 Å². The number of aliphatic hydroxyl groups excluding tert-OH is 8. The number of carbonyl (C=O) groups excluding carboxylic acids is 1. The number of amides is 1. The minimum atomic E-state index is -5.23. The van der Waals surface area contributed by atoms with Crippen LogP contribution < -0.4 is 5.32 Å². The summed E-state index contributed by atoms with van der Waals surface area (Å²) in [6, 6.07) is -1.47. The third kappa shape index (κ3) is 28.9. The lowest BCUT2D eigenvalue weighted by Gasteiger charge is -2.41. The van der Waals surface area contributed by atoms with Crippen LogP contribution in [0.15, 0.2) is 0 Å². The molecule has 0 aromatic carbocycles. The summed E-state index contributed by atoms with van der Waals surface area (Å²) in [4.78, 5) is 23.6. The van der Waals surface area contributed by atoms with E-state index in [1.165, 1.54) is 141 Å². The maximum Gasteiger partial charge on any atom is 0.472 e. The second kappa shape index (κ2) is 38.3. The first-order valence-electron chi connectivity index (χ1n) is 25.7. The number of aliphatic hydroxyl groups is 8. The van der Waals surface area contributed by atoms with E-state index in [0.29, 0.717) is 12.8 Å². The Balaban J connectivity index is 2.52. The fourth-order valence-electron chi connectivity index (χ4n) is 8.54. The van der Waals surface area contributed by atoms with Crippen LogP contribution >= 0.6 is 7.82 Å². The van der Waals surface area contributed by atoms with Gasteiger partial charge in [0, 0.05) is 0 Å². The van der Waals surface area contributed by atoms with E-state index >= 15 is 0 Å². The maximum atomic E-state index is 13.1. The van der Waals surface area contributed by atoms with Crippen molar-refractivity contribution in [3.05, 3.63) is 0 Å². The topological polar surface area (TPSA) is 247 Å². The minimum Gasteiger partial charge on any atom is -0.390 e. The van der Waals surface area contributed by atoms with Gasteiger partial charge in [0.25, 0.3) is 0 Å². The van der Waals surface area contributed by atoms with Gasteiger partial charge in [-0.3, -0.25) is 13.8 Å². The first-order chi connectivity index (χ1) is 30.3. The van der Waals surface area contributed by atoms with Crippen molar-refractivity contribution in [1.29, 1.82) is 0 Å². The van der Waals surface area contributed by atoms with Crippen molar-refractivity contribution in [1.82, 2.24) is 5.32 Å². The monoisotopic (exact) mass is 926 g/mol. The highest BCUT2D eigenvalue weighted by molar-refractivity contribution is 7.47. The summed E-state index contributed by atoms with van der Waals surface area (Å²) < 4.78 is 22.9. The second-order valence-corrected chi connectivity index (χ2v) is 20.1. The summed E-state index contributed by atoms with van der Waals surface area (Å²) in [6.07, 6.45) is 21.7. The number of carbonyl (C=O) groups is 1. The highest BCUT2D eigenvalue weighted by Gasteiger charge is 2.51. The Morgan fingerprint density at radius 1 is 0.492 bits per heavy atom. The molecule has 0 spiro atoms. The third-order valence-corrected chi connectivity index (χ3v) is 13.9. The van der Waals surface area contributed by atoms with Crippen LogP contribution in [0.1, 0.15) is 232 Å². The first-order valence-corrected chi connectivity index (χ1v) is 27.2. The highest BCUT2D eigenvalue weighted by atomic mass is 31.2. The molecule has 1 aliphatic rings. The molecule has 0 aliphatic heterocycles. The first kappa shape index (κ1) is 60.3. The zero-order valence-corrected chi connectivity index (χ0v) is 40.5. The largest absolute Gasteiger partial charge is 0.472 e. The van der Waals surface area contributed by atoms with Gasteiger partial charge >= 0.3 is 7.82 Å². The summed E-state index contributed by atoms with van der Waals surface area (Å²) in [5.74, 6) is -0.856. The molecular weight excluding hydrogens is 829 g/mol. The summed E-state index contributed by atoms with van der Waals surface area (Å²) in [7, 11) is -5.23. The van der Waals surface area contributed by atoms with Gasteiger partial charge in [0.05, 0.1) is 18.8 Å². The predicted molar refractivity (Wildman–Crippen MR) is 249 cm³/mol. The van der Waals surface area contributed by atoms with Crippen molar-refractivity contribution in [2.75, 3.05) is 6.61 Å². The van der Waals surface area contributed by atoms with Gasteiger partial charge in [0.15, 0.2) is 0 Å². The molecular formula is C48H96NO13P. The molecule has 15 heteroatoms. The Morgan fingerprint density at radius 2 is 0.794 bits per heavy atom. The number of rotatable bonds is 43. The quantitative estimate of drug-likeness (QED) is 0.0205. The second-order valence-electron chi connectivity index (χ2n) is 18.7. The van der Waals surface area contributed by atoms with E-state index in [4.69, 9.17) is 9.05 Å². The van der Waals surface area contributed by atoms with Gasteiger partial charge in [-0.05, 0) is 12.8 Å². The van der Waals surface area contributed by atoms with E-state index < -0.39 is 81.3 Å². The molecule has 63 heavy (non-hydrogen) atoms. The van der Waals surface area contributed by atoms with Gasteiger partial charge in [0.1, 0.15) is 48.8 Å². The van der Waals surface area contributed by atoms with Crippen LogP contribution in [0, 0.1) is 0 Å². The molecule has 0 aromatic heterocycles. The molecule has 0 bridgehead atoms. The molecule has 1 fully saturated rings. The Morgan fingerprint density at radius 3 is 1.14 bits per heavy atom. The lowest BCUT2D eigenvalue weighted by molar-refractivity contribution is -0.220. The Bertz CT molecular complexity index is 1110. The number of phosphoric ester groups is 1. The molecule has 376 valence electrons. The molecule has 1 saturated carbocycles. The van der Waals surface area contributed by atoms with Crippen LogP contribution in [0.4, 0.5) is 0 Å². The molecule has 1 rings (SSSR count). The van der Waals surface area contributed by atoms with Crippen LogP contribution in [-0.4, -0.2) is 119 Å². The van der Waals surface area contributed by atoms with E-state index in [2.05, 4.69) is 19.2 Å². The lowest BCUT2D eigenvalue weighted by atomic mass is 9.85. The van der Waals surface area contributed by atoms with Crippen LogP contribution in [0.3, 0.4) is 0 Å². The van der Waals surface area contributed by atoms with E-state index in [1.807, 2.05) is 0 Å². The SMILES string of the molecule is CCCCCCCCCCCCCCCCCCCCC(O)C(=O)N[C@@H](COP(=O)(O)OC1C(O)C(O)C(O)[C@@H](O)C1O)[C@H](O)[C@H](O)CCCCCCCCCCCCCCCC. The van der Waals surface area contributed by atoms with Gasteiger partial charge in [-0.1, -0.05) is 219 Å². The fourth-order valence-corrected chi connectivity index (χ4v) is 9.51. The molecule has 14 nitrogen and oxygen atoms in total. The summed E-state index contributed by atoms with van der Waals surface area (Å²) in [5.41, 5.74) is 0. The summed E-state index contributed by atoms with van der Waals surface area (Å²) >= 11 is 0. The molecule has 0 radical (unpaired) electrons. The Kier molecular flexibility index (Phi) is 36.6. The van der Waals surface area contributed by atoms with Crippen LogP contribution in [0.5, 0.6) is 0 Å². The van der Waals surface area contributed by atoms with Gasteiger partial charge in [-0.25, -0.2) is 4.57 Å². The predicted octanol–water partition coefficient (Wildman–Crippen LogP) is 8.18. The highest BCUT2D eigenvalue weighted by Crippen LogP contribution is 2.47. The zero-order valence-electron chi connectivity index (χ0n) is 39.6. The van der Waals surface area contributed by atoms with Gasteiger partial charge in [-0.2, -0.15) is 0 Å². The average Bonchev–Trinajstić information content (AvgIpc) is 3.27. The molecule has 7 unspecified atom stereocenters. The van der Waals surface area contributed by atoms with Crippen LogP contribution in [0.2, 0.25) is 0 Å². The molecule has 10 N–H and O–H groups in total. The molecule has 0 saturated heterocycles. The Hall–Kier alpha value is -0.740. The molecule has 11 atom stereocenters. The molecule has 1 amide bonds. The minimum absolute atomic E-state index is 0.158. The molecule has 0 heterocycles. The molecule has 0 aromatic rings. The third-order valence-electron chi connectivity index (χ3n) is 12.9. The zero-order chi connectivity index (χ0) is 46.7. The van der Waals surface area contributed by atoms with Gasteiger partial charge in [0.2, 0.25) is 5.91 Å². The van der Waals surface area contributed by atoms with Crippen molar-refractivity contribution in [2.24, 2.45) is 0 Å². The summed E-state index contributed by atoms with van der Waals surface area (Å²) in [6.45, 7) is 3.60. The van der Waals surface area contributed by atoms with Crippen molar-refractivity contribution in [2.45, 2.75) is 293 Å². The van der Waals surface area contributed by atoms with E-state index in [1.54, 1.807) is 0 Å². The number of hydrogen-bond acceptors (Lipinski definition) is 12. The smallest absolute Gasteiger partial charge is 0.390 e. The van der Waals surface area contributed by atoms with Crippen molar-refractivity contribution < 1.29 is 64.2 Å². The fraction of sp³-hybridized carbons (Fsp3) is 0.979. The Labute approximate surface area is 382 Å². The van der Waals surface area contributed by atoms with Crippen molar-refractivity contribution >= 4 is 13.7 Å². The average molecular weight is 926 g/mol. The van der Waals surface area contributed by atoms with E-state index in [9.17, 15) is 55.1 Å². The number of phosphoric acid groups is 1.